The summed E-state index contributed by atoms with van der Waals surface area (Å²) in [5.41, 5.74) is 13.3. The minimum atomic E-state index is -0.327. The van der Waals surface area contributed by atoms with Gasteiger partial charge in [-0.15, -0.1) is 11.3 Å². The molecule has 0 aliphatic carbocycles. The van der Waals surface area contributed by atoms with Crippen LogP contribution in [0.25, 0.3) is 20.9 Å². The first-order chi connectivity index (χ1) is 15.5. The normalized spacial score (nSPS) is 18.6. The van der Waals surface area contributed by atoms with E-state index in [-0.39, 0.29) is 29.9 Å². The van der Waals surface area contributed by atoms with Gasteiger partial charge in [0.2, 0.25) is 11.8 Å². The SMILES string of the molecule is Cc1ncsc1-c1ccc(C(C)NC(=O)[C@@H]2C[C@@H](NC(=O)CCCCN=[N+]=[N-])CN2)cc1. The summed E-state index contributed by atoms with van der Waals surface area (Å²) in [5, 5.41) is 12.7. The van der Waals surface area contributed by atoms with Crippen LogP contribution >= 0.6 is 11.3 Å². The van der Waals surface area contributed by atoms with Crippen LogP contribution in [0.2, 0.25) is 0 Å². The second-order valence-corrected chi connectivity index (χ2v) is 8.85. The van der Waals surface area contributed by atoms with Crippen molar-refractivity contribution in [1.82, 2.24) is 20.9 Å². The van der Waals surface area contributed by atoms with E-state index in [0.29, 0.717) is 38.8 Å². The van der Waals surface area contributed by atoms with Crippen LogP contribution in [-0.4, -0.2) is 42.0 Å². The van der Waals surface area contributed by atoms with E-state index < -0.39 is 0 Å². The van der Waals surface area contributed by atoms with Gasteiger partial charge in [-0.2, -0.15) is 0 Å². The first-order valence-corrected chi connectivity index (χ1v) is 11.7. The fraction of sp³-hybridized carbons (Fsp3) is 0.500. The number of hydrogen-bond acceptors (Lipinski definition) is 6. The summed E-state index contributed by atoms with van der Waals surface area (Å²) < 4.78 is 0. The molecule has 2 heterocycles. The highest BCUT2D eigenvalue weighted by atomic mass is 32.1. The molecule has 3 atom stereocenters. The predicted octanol–water partition coefficient (Wildman–Crippen LogP) is 3.62. The second-order valence-electron chi connectivity index (χ2n) is 7.99. The standard InChI is InChI=1S/C22H29N7O2S/c1-14(16-6-8-17(9-7-16)21-15(2)25-13-32-21)27-22(31)19-11-18(12-24-19)28-20(30)5-3-4-10-26-29-23/h6-9,13-14,18-19,24H,3-5,10-12H2,1-2H3,(H,27,31)(H,28,30)/t14?,18-,19+/m1/s1. The van der Waals surface area contributed by atoms with E-state index in [9.17, 15) is 9.59 Å². The molecule has 10 heteroatoms. The maximum Gasteiger partial charge on any atom is 0.237 e. The zero-order valence-electron chi connectivity index (χ0n) is 18.4. The maximum atomic E-state index is 12.7. The highest BCUT2D eigenvalue weighted by Crippen LogP contribution is 2.28. The van der Waals surface area contributed by atoms with E-state index in [0.717, 1.165) is 21.7 Å². The van der Waals surface area contributed by atoms with Crippen molar-refractivity contribution in [2.75, 3.05) is 13.1 Å². The lowest BCUT2D eigenvalue weighted by Crippen LogP contribution is -2.41. The lowest BCUT2D eigenvalue weighted by Gasteiger charge is -2.18. The van der Waals surface area contributed by atoms with E-state index in [1.165, 1.54) is 0 Å². The van der Waals surface area contributed by atoms with Gasteiger partial charge in [-0.3, -0.25) is 9.59 Å². The van der Waals surface area contributed by atoms with Crippen LogP contribution in [0.5, 0.6) is 0 Å². The highest BCUT2D eigenvalue weighted by molar-refractivity contribution is 7.13. The van der Waals surface area contributed by atoms with Crippen LogP contribution < -0.4 is 16.0 Å². The summed E-state index contributed by atoms with van der Waals surface area (Å²) in [6.45, 7) is 4.94. The molecule has 1 fully saturated rings. The van der Waals surface area contributed by atoms with Gasteiger partial charge in [0.1, 0.15) is 0 Å². The summed E-state index contributed by atoms with van der Waals surface area (Å²) in [5.74, 6) is -0.102. The van der Waals surface area contributed by atoms with Crippen LogP contribution in [0.15, 0.2) is 34.9 Å². The summed E-state index contributed by atoms with van der Waals surface area (Å²) >= 11 is 1.62. The highest BCUT2D eigenvalue weighted by Gasteiger charge is 2.30. The van der Waals surface area contributed by atoms with Crippen molar-refractivity contribution in [3.05, 3.63) is 51.5 Å². The predicted molar refractivity (Wildman–Crippen MR) is 125 cm³/mol. The molecule has 0 spiro atoms. The van der Waals surface area contributed by atoms with Crippen molar-refractivity contribution in [3.8, 4) is 10.4 Å². The Morgan fingerprint density at radius 3 is 2.81 bits per heavy atom. The summed E-state index contributed by atoms with van der Waals surface area (Å²) in [6, 6.07) is 7.68. The second kappa shape index (κ2) is 11.6. The van der Waals surface area contributed by atoms with Crippen molar-refractivity contribution in [2.24, 2.45) is 5.11 Å². The molecule has 1 aliphatic rings. The Morgan fingerprint density at radius 1 is 1.34 bits per heavy atom. The van der Waals surface area contributed by atoms with Gasteiger partial charge in [0.15, 0.2) is 0 Å². The number of benzene rings is 1. The van der Waals surface area contributed by atoms with Gasteiger partial charge in [-0.25, -0.2) is 4.98 Å². The average Bonchev–Trinajstić information content (AvgIpc) is 3.42. The molecule has 2 amide bonds. The average molecular weight is 456 g/mol. The largest absolute Gasteiger partial charge is 0.352 e. The van der Waals surface area contributed by atoms with E-state index >= 15 is 0 Å². The van der Waals surface area contributed by atoms with Gasteiger partial charge < -0.3 is 16.0 Å². The quantitative estimate of drug-likeness (QED) is 0.218. The number of thiazole rings is 1. The van der Waals surface area contributed by atoms with Crippen LogP contribution in [0.1, 0.15) is 49.9 Å². The molecule has 0 saturated carbocycles. The van der Waals surface area contributed by atoms with Gasteiger partial charge in [-0.05, 0) is 49.8 Å². The Labute approximate surface area is 191 Å². The summed E-state index contributed by atoms with van der Waals surface area (Å²) in [7, 11) is 0. The fourth-order valence-corrected chi connectivity index (χ4v) is 4.57. The number of carbonyl (C=O) groups is 2. The monoisotopic (exact) mass is 455 g/mol. The number of nitrogens with zero attached hydrogens (tertiary/aromatic N) is 4. The van der Waals surface area contributed by atoms with E-state index in [1.807, 2.05) is 31.5 Å². The smallest absolute Gasteiger partial charge is 0.237 e. The number of azide groups is 1. The van der Waals surface area contributed by atoms with Crippen molar-refractivity contribution in [2.45, 2.75) is 57.7 Å². The first-order valence-electron chi connectivity index (χ1n) is 10.8. The molecule has 1 aromatic heterocycles. The number of aromatic nitrogens is 1. The molecule has 1 aromatic carbocycles. The number of nitrogens with one attached hydrogen (secondary N) is 3. The topological polar surface area (TPSA) is 132 Å². The summed E-state index contributed by atoms with van der Waals surface area (Å²) in [4.78, 5) is 32.9. The third-order valence-corrected chi connectivity index (χ3v) is 6.54. The molecular weight excluding hydrogens is 426 g/mol. The lowest BCUT2D eigenvalue weighted by atomic mass is 10.0. The zero-order valence-corrected chi connectivity index (χ0v) is 19.2. The number of hydrogen-bond donors (Lipinski definition) is 3. The van der Waals surface area contributed by atoms with Crippen LogP contribution in [0.4, 0.5) is 0 Å². The molecule has 0 bridgehead atoms. The number of aryl methyl sites for hydroxylation is 1. The Kier molecular flexibility index (Phi) is 8.61. The van der Waals surface area contributed by atoms with E-state index in [4.69, 9.17) is 5.53 Å². The number of rotatable bonds is 10. The molecule has 2 aromatic rings. The molecular formula is C22H29N7O2S. The molecule has 1 saturated heterocycles. The molecule has 0 radical (unpaired) electrons. The van der Waals surface area contributed by atoms with Gasteiger partial charge in [-0.1, -0.05) is 29.4 Å². The Hall–Kier alpha value is -2.94. The Morgan fingerprint density at radius 2 is 2.12 bits per heavy atom. The van der Waals surface area contributed by atoms with Crippen molar-refractivity contribution in [1.29, 1.82) is 0 Å². The van der Waals surface area contributed by atoms with Crippen molar-refractivity contribution in [3.63, 3.8) is 0 Å². The van der Waals surface area contributed by atoms with Gasteiger partial charge in [0, 0.05) is 30.5 Å². The minimum Gasteiger partial charge on any atom is -0.352 e. The van der Waals surface area contributed by atoms with Gasteiger partial charge >= 0.3 is 0 Å². The third-order valence-electron chi connectivity index (χ3n) is 5.56. The first kappa shape index (κ1) is 23.7. The van der Waals surface area contributed by atoms with Gasteiger partial charge in [0.25, 0.3) is 0 Å². The Bertz CT molecular complexity index is 969. The van der Waals surface area contributed by atoms with E-state index in [2.05, 4.69) is 43.1 Å². The van der Waals surface area contributed by atoms with Crippen LogP contribution in [-0.2, 0) is 9.59 Å². The van der Waals surface area contributed by atoms with Crippen LogP contribution in [0.3, 0.4) is 0 Å². The zero-order chi connectivity index (χ0) is 22.9. The van der Waals surface area contributed by atoms with Crippen molar-refractivity contribution >= 4 is 23.2 Å². The summed E-state index contributed by atoms with van der Waals surface area (Å²) in [6.07, 6.45) is 2.32. The number of amides is 2. The van der Waals surface area contributed by atoms with E-state index in [1.54, 1.807) is 11.3 Å². The minimum absolute atomic E-state index is 0.0385. The molecule has 170 valence electrons. The third kappa shape index (κ3) is 6.53. The molecule has 32 heavy (non-hydrogen) atoms. The Balaban J connectivity index is 1.43. The number of unbranched alkanes of at least 4 members (excludes halogenated alkanes) is 1. The fourth-order valence-electron chi connectivity index (χ4n) is 3.76. The van der Waals surface area contributed by atoms with Crippen LogP contribution in [0, 0.1) is 6.92 Å². The molecule has 1 unspecified atom stereocenters. The molecule has 1 aliphatic heterocycles. The molecule has 3 rings (SSSR count). The maximum absolute atomic E-state index is 12.7. The number of carbonyl (C=O) groups excluding carboxylic acids is 2. The lowest BCUT2D eigenvalue weighted by molar-refractivity contribution is -0.124. The molecule has 9 nitrogen and oxygen atoms in total. The van der Waals surface area contributed by atoms with Gasteiger partial charge in [0.05, 0.1) is 28.2 Å². The molecule has 3 N–H and O–H groups in total. The van der Waals surface area contributed by atoms with Crippen molar-refractivity contribution < 1.29 is 9.59 Å².